The van der Waals surface area contributed by atoms with E-state index in [2.05, 4.69) is 148 Å². The molecule has 0 atom stereocenters. The van der Waals surface area contributed by atoms with Crippen LogP contribution in [0.4, 0.5) is 0 Å². The number of hydrogen-bond acceptors (Lipinski definition) is 3. The number of furan rings is 1. The molecule has 0 spiro atoms. The molecule has 0 unspecified atom stereocenters. The van der Waals surface area contributed by atoms with Crippen LogP contribution in [0.2, 0.25) is 17.3 Å². The molecular weight excluding hydrogens is 983 g/mol. The van der Waals surface area contributed by atoms with Crippen molar-refractivity contribution in [3.8, 4) is 50.6 Å². The van der Waals surface area contributed by atoms with E-state index < -0.39 is 19.6 Å². The molecule has 0 aliphatic rings. The number of nitrogens with zero attached hydrogens (tertiary/aromatic N) is 3. The first-order chi connectivity index (χ1) is 30.0. The van der Waals surface area contributed by atoms with Crippen molar-refractivity contribution < 1.29 is 27.3 Å². The predicted octanol–water partition coefficient (Wildman–Crippen LogP) is 14.0. The molecule has 10 rings (SSSR count). The predicted molar refractivity (Wildman–Crippen MR) is 254 cm³/mol. The molecule has 0 fully saturated rings. The van der Waals surface area contributed by atoms with Gasteiger partial charge in [0.05, 0.1) is 28.1 Å². The molecule has 0 amide bonds. The third kappa shape index (κ3) is 8.56. The van der Waals surface area contributed by atoms with Gasteiger partial charge in [-0.15, -0.1) is 18.2 Å². The van der Waals surface area contributed by atoms with E-state index in [9.17, 15) is 0 Å². The Labute approximate surface area is 377 Å². The van der Waals surface area contributed by atoms with Gasteiger partial charge >= 0.3 is 128 Å². The SMILES string of the molecule is [2H]C([2H])(c1cc(-c2[c-]cccc2)nc[c]1[Ge]([CH3])([CH3])[CH3])C(C)C.[Ir].[c-]1ccc2c(oc3ccccc32)c1-c1nc2ccccc2n1-c1c(-c2ccccc2)cccc1-c1ccccc1. The minimum atomic E-state index is -2.20. The number of pyridine rings is 1. The molecule has 3 aromatic heterocycles. The number of hydrogen-bond donors (Lipinski definition) is 0. The molecule has 7 aromatic carbocycles. The maximum atomic E-state index is 8.56. The van der Waals surface area contributed by atoms with E-state index in [0.29, 0.717) is 0 Å². The average molecular weight is 1030 g/mol. The van der Waals surface area contributed by atoms with Crippen LogP contribution in [0.5, 0.6) is 0 Å². The van der Waals surface area contributed by atoms with Gasteiger partial charge in [0, 0.05) is 36.6 Å². The number of aromatic nitrogens is 3. The van der Waals surface area contributed by atoms with Crippen LogP contribution in [0, 0.1) is 18.1 Å². The molecular formula is C55H47GeIrN3O-2. The number of benzene rings is 7. The third-order valence-corrected chi connectivity index (χ3v) is 14.9. The van der Waals surface area contributed by atoms with Gasteiger partial charge in [-0.25, -0.2) is 0 Å². The Hall–Kier alpha value is -5.85. The monoisotopic (exact) mass is 1030 g/mol. The van der Waals surface area contributed by atoms with E-state index in [4.69, 9.17) is 12.1 Å². The van der Waals surface area contributed by atoms with E-state index in [1.165, 1.54) is 0 Å². The minimum Gasteiger partial charge on any atom is -0.501 e. The third-order valence-electron chi connectivity index (χ3n) is 10.7. The largest absolute Gasteiger partial charge is 0.501 e. The van der Waals surface area contributed by atoms with Crippen LogP contribution in [0.15, 0.2) is 180 Å². The maximum absolute atomic E-state index is 8.56. The Balaban J connectivity index is 0.000000203. The van der Waals surface area contributed by atoms with Crippen LogP contribution in [0.1, 0.15) is 22.2 Å². The van der Waals surface area contributed by atoms with Gasteiger partial charge in [0.15, 0.2) is 0 Å². The van der Waals surface area contributed by atoms with Crippen molar-refractivity contribution in [2.45, 2.75) is 37.5 Å². The van der Waals surface area contributed by atoms with Crippen molar-refractivity contribution in [2.75, 3.05) is 0 Å². The molecule has 10 aromatic rings. The van der Waals surface area contributed by atoms with Gasteiger partial charge < -0.3 is 8.98 Å². The Morgan fingerprint density at radius 3 is 2.02 bits per heavy atom. The molecule has 3 heterocycles. The van der Waals surface area contributed by atoms with Gasteiger partial charge in [-0.1, -0.05) is 120 Å². The molecule has 0 saturated carbocycles. The fourth-order valence-corrected chi connectivity index (χ4v) is 10.9. The first-order valence-corrected chi connectivity index (χ1v) is 27.9. The molecule has 303 valence electrons. The molecule has 1 radical (unpaired) electrons. The quantitative estimate of drug-likeness (QED) is 0.113. The topological polar surface area (TPSA) is 43.9 Å². The van der Waals surface area contributed by atoms with Crippen molar-refractivity contribution in [3.05, 3.63) is 194 Å². The van der Waals surface area contributed by atoms with Gasteiger partial charge in [0.25, 0.3) is 0 Å². The summed E-state index contributed by atoms with van der Waals surface area (Å²) in [5, 5.41) is 2.15. The Bertz CT molecular complexity index is 3120. The van der Waals surface area contributed by atoms with Gasteiger partial charge in [0.2, 0.25) is 0 Å². The zero-order chi connectivity index (χ0) is 43.0. The van der Waals surface area contributed by atoms with Gasteiger partial charge in [-0.2, -0.15) is 0 Å². The van der Waals surface area contributed by atoms with E-state index >= 15 is 0 Å². The fourth-order valence-electron chi connectivity index (χ4n) is 7.95. The molecule has 0 bridgehead atoms. The van der Waals surface area contributed by atoms with E-state index in [-0.39, 0.29) is 26.0 Å². The number of imidazole rings is 1. The van der Waals surface area contributed by atoms with E-state index in [1.54, 1.807) is 0 Å². The first kappa shape index (κ1) is 39.3. The second-order valence-electron chi connectivity index (χ2n) is 16.3. The van der Waals surface area contributed by atoms with Crippen LogP contribution < -0.4 is 4.40 Å². The molecule has 6 heteroatoms. The van der Waals surface area contributed by atoms with Crippen LogP contribution in [0.25, 0.3) is 83.6 Å². The maximum Gasteiger partial charge on any atom is 0.120 e. The summed E-state index contributed by atoms with van der Waals surface area (Å²) >= 11 is -2.20. The van der Waals surface area contributed by atoms with Gasteiger partial charge in [-0.05, 0) is 29.3 Å². The smallest absolute Gasteiger partial charge is 0.120 e. The molecule has 0 aliphatic heterocycles. The van der Waals surface area contributed by atoms with E-state index in [1.807, 2.05) is 80.7 Å². The molecule has 61 heavy (non-hydrogen) atoms. The summed E-state index contributed by atoms with van der Waals surface area (Å²) in [6.07, 6.45) is 0.562. The average Bonchev–Trinajstić information content (AvgIpc) is 3.88. The van der Waals surface area contributed by atoms with E-state index in [0.717, 1.165) is 93.5 Å². The van der Waals surface area contributed by atoms with Crippen molar-refractivity contribution in [3.63, 3.8) is 0 Å². The van der Waals surface area contributed by atoms with Crippen LogP contribution in [0.3, 0.4) is 0 Å². The number of para-hydroxylation sites is 4. The molecule has 0 N–H and O–H groups in total. The summed E-state index contributed by atoms with van der Waals surface area (Å²) < 4.78 is 27.0. The molecule has 0 saturated heterocycles. The van der Waals surface area contributed by atoms with Crippen LogP contribution >= 0.6 is 0 Å². The van der Waals surface area contributed by atoms with Gasteiger partial charge in [-0.3, -0.25) is 4.98 Å². The van der Waals surface area contributed by atoms with Crippen molar-refractivity contribution in [1.29, 1.82) is 0 Å². The van der Waals surface area contributed by atoms with Crippen molar-refractivity contribution in [1.82, 2.24) is 14.5 Å². The second kappa shape index (κ2) is 18.0. The summed E-state index contributed by atoms with van der Waals surface area (Å²) in [4.78, 5) is 9.82. The summed E-state index contributed by atoms with van der Waals surface area (Å²) in [5.41, 5.74) is 12.6. The van der Waals surface area contributed by atoms with Gasteiger partial charge in [0.1, 0.15) is 5.58 Å². The zero-order valence-electron chi connectivity index (χ0n) is 36.9. The first-order valence-electron chi connectivity index (χ1n) is 21.5. The molecule has 4 nitrogen and oxygen atoms in total. The number of fused-ring (bicyclic) bond motifs is 4. The summed E-state index contributed by atoms with van der Waals surface area (Å²) in [7, 11) is 0. The molecule has 0 aliphatic carbocycles. The van der Waals surface area contributed by atoms with Crippen molar-refractivity contribution in [2.24, 2.45) is 5.92 Å². The second-order valence-corrected chi connectivity index (χ2v) is 26.9. The Kier molecular flexibility index (Phi) is 11.6. The van der Waals surface area contributed by atoms with Crippen LogP contribution in [-0.2, 0) is 26.5 Å². The summed E-state index contributed by atoms with van der Waals surface area (Å²) in [6.45, 7) is 3.88. The Morgan fingerprint density at radius 1 is 0.689 bits per heavy atom. The summed E-state index contributed by atoms with van der Waals surface area (Å²) in [6, 6.07) is 64.5. The van der Waals surface area contributed by atoms with Crippen LogP contribution in [-0.4, -0.2) is 27.8 Å². The summed E-state index contributed by atoms with van der Waals surface area (Å²) in [5.74, 6) is 7.57. The Morgan fingerprint density at radius 2 is 1.34 bits per heavy atom. The van der Waals surface area contributed by atoms with Crippen molar-refractivity contribution >= 4 is 50.6 Å². The number of rotatable bonds is 8. The minimum absolute atomic E-state index is 0. The zero-order valence-corrected chi connectivity index (χ0v) is 39.4. The normalized spacial score (nSPS) is 12.2. The fraction of sp³-hybridized carbons (Fsp3) is 0.127. The standard InChI is InChI=1S/C37H23N2O.C18H24GeN.Ir/c1-3-13-25(14-4-1)27-18-11-19-28(26-15-5-2-6-16-26)35(27)39-33-23-9-8-22-32(33)38-37(39)31-21-12-20-30-29-17-7-10-24-34(29)40-36(30)31;1-14(2)11-16-12-18(15-9-7-6-8-10-15)20-13-17(16)19(3,4)5;/h1-20,22-24H;6-9,12-14H,11H2,1-5H3;/q2*-1;/i;11D2;.